The van der Waals surface area contributed by atoms with Crippen LogP contribution in [0.1, 0.15) is 42.6 Å². The van der Waals surface area contributed by atoms with Crippen molar-refractivity contribution >= 4 is 5.91 Å². The minimum Gasteiger partial charge on any atom is -0.505 e. The molecule has 3 heterocycles. The van der Waals surface area contributed by atoms with Crippen molar-refractivity contribution in [3.63, 3.8) is 0 Å². The number of likely N-dealkylation sites (tertiary alicyclic amines) is 2. The molecule has 0 aromatic carbocycles. The Morgan fingerprint density at radius 2 is 1.88 bits per heavy atom. The van der Waals surface area contributed by atoms with Crippen molar-refractivity contribution in [1.82, 2.24) is 14.8 Å². The third kappa shape index (κ3) is 4.48. The molecule has 8 heteroatoms. The molecule has 3 rings (SSSR count). The second-order valence-electron chi connectivity index (χ2n) is 7.37. The molecule has 2 aliphatic heterocycles. The van der Waals surface area contributed by atoms with E-state index in [2.05, 4.69) is 4.98 Å². The van der Waals surface area contributed by atoms with Gasteiger partial charge >= 0.3 is 0 Å². The number of β-amino-alcohol motifs (C(OH)–C–C–N with tert-alkyl or cyclic N) is 1. The first-order chi connectivity index (χ1) is 12.3. The standard InChI is InChI=1S/C18H25F2N3O3/c19-18(20)6-10-22(11-7-18)13-17(26)4-2-9-23(12-5-17)16(25)15-14(24)3-1-8-21-15/h1,3,8,24,26H,2,4-7,9-13H2. The molecule has 0 bridgehead atoms. The maximum atomic E-state index is 13.3. The predicted molar refractivity (Wildman–Crippen MR) is 91.2 cm³/mol. The van der Waals surface area contributed by atoms with Gasteiger partial charge in [-0.3, -0.25) is 4.79 Å². The molecule has 2 aliphatic rings. The zero-order valence-corrected chi connectivity index (χ0v) is 14.7. The summed E-state index contributed by atoms with van der Waals surface area (Å²) in [4.78, 5) is 20.0. The highest BCUT2D eigenvalue weighted by Gasteiger charge is 2.38. The number of carbonyl (C=O) groups is 1. The van der Waals surface area contributed by atoms with E-state index in [1.54, 1.807) is 11.0 Å². The SMILES string of the molecule is O=C(c1ncccc1O)N1CCCC(O)(CN2CCC(F)(F)CC2)CC1. The predicted octanol–water partition coefficient (Wildman–Crippen LogP) is 1.88. The van der Waals surface area contributed by atoms with E-state index in [-0.39, 0.29) is 43.3 Å². The summed E-state index contributed by atoms with van der Waals surface area (Å²) < 4.78 is 26.6. The molecule has 1 amide bonds. The zero-order valence-electron chi connectivity index (χ0n) is 14.7. The molecule has 2 saturated heterocycles. The van der Waals surface area contributed by atoms with Crippen molar-refractivity contribution in [2.24, 2.45) is 0 Å². The van der Waals surface area contributed by atoms with Crippen LogP contribution in [0.4, 0.5) is 8.78 Å². The van der Waals surface area contributed by atoms with Gasteiger partial charge in [0.1, 0.15) is 5.75 Å². The highest BCUT2D eigenvalue weighted by Crippen LogP contribution is 2.31. The van der Waals surface area contributed by atoms with Crippen LogP contribution in [0.15, 0.2) is 18.3 Å². The normalized spacial score (nSPS) is 27.1. The monoisotopic (exact) mass is 369 g/mol. The summed E-state index contributed by atoms with van der Waals surface area (Å²) in [5.74, 6) is -3.12. The van der Waals surface area contributed by atoms with Crippen LogP contribution in [0.5, 0.6) is 5.75 Å². The van der Waals surface area contributed by atoms with E-state index in [0.717, 1.165) is 0 Å². The lowest BCUT2D eigenvalue weighted by Gasteiger charge is -2.37. The first-order valence-corrected chi connectivity index (χ1v) is 9.04. The van der Waals surface area contributed by atoms with E-state index < -0.39 is 11.5 Å². The number of pyridine rings is 1. The Labute approximate surface area is 151 Å². The van der Waals surface area contributed by atoms with Crippen LogP contribution in [0, 0.1) is 0 Å². The second kappa shape index (κ2) is 7.44. The van der Waals surface area contributed by atoms with Gasteiger partial charge in [-0.05, 0) is 31.4 Å². The Hall–Kier alpha value is -1.80. The second-order valence-corrected chi connectivity index (χ2v) is 7.37. The average Bonchev–Trinajstić information content (AvgIpc) is 2.79. The third-order valence-electron chi connectivity index (χ3n) is 5.30. The van der Waals surface area contributed by atoms with Crippen LogP contribution in [-0.4, -0.2) is 75.2 Å². The Morgan fingerprint density at radius 1 is 1.15 bits per heavy atom. The Morgan fingerprint density at radius 3 is 2.58 bits per heavy atom. The largest absolute Gasteiger partial charge is 0.505 e. The van der Waals surface area contributed by atoms with Gasteiger partial charge in [-0.15, -0.1) is 0 Å². The number of piperidine rings is 1. The maximum absolute atomic E-state index is 13.3. The number of nitrogens with zero attached hydrogens (tertiary/aromatic N) is 3. The highest BCUT2D eigenvalue weighted by molar-refractivity contribution is 5.94. The number of aromatic nitrogens is 1. The number of carbonyl (C=O) groups excluding carboxylic acids is 1. The summed E-state index contributed by atoms with van der Waals surface area (Å²) in [6.07, 6.45) is 2.60. The fourth-order valence-electron chi connectivity index (χ4n) is 3.71. The minimum atomic E-state index is -2.60. The van der Waals surface area contributed by atoms with E-state index in [1.807, 2.05) is 4.90 Å². The molecule has 2 N–H and O–H groups in total. The lowest BCUT2D eigenvalue weighted by atomic mass is 9.93. The summed E-state index contributed by atoms with van der Waals surface area (Å²) in [5, 5.41) is 20.7. The number of alkyl halides is 2. The molecular formula is C18H25F2N3O3. The molecule has 0 spiro atoms. The fraction of sp³-hybridized carbons (Fsp3) is 0.667. The summed E-state index contributed by atoms with van der Waals surface area (Å²) in [6, 6.07) is 2.97. The Kier molecular flexibility index (Phi) is 5.43. The number of aliphatic hydroxyl groups is 1. The van der Waals surface area contributed by atoms with Gasteiger partial charge in [0, 0.05) is 51.8 Å². The van der Waals surface area contributed by atoms with Crippen molar-refractivity contribution in [2.45, 2.75) is 43.6 Å². The number of hydrogen-bond acceptors (Lipinski definition) is 5. The van der Waals surface area contributed by atoms with Crippen LogP contribution in [0.2, 0.25) is 0 Å². The molecule has 2 fully saturated rings. The Bertz CT molecular complexity index is 648. The van der Waals surface area contributed by atoms with Crippen molar-refractivity contribution in [1.29, 1.82) is 0 Å². The molecule has 0 saturated carbocycles. The lowest BCUT2D eigenvalue weighted by molar-refractivity contribution is -0.0768. The minimum absolute atomic E-state index is 0.0104. The first kappa shape index (κ1) is 19.0. The number of rotatable bonds is 3. The topological polar surface area (TPSA) is 76.9 Å². The van der Waals surface area contributed by atoms with Crippen molar-refractivity contribution in [3.8, 4) is 5.75 Å². The van der Waals surface area contributed by atoms with Crippen LogP contribution in [0.25, 0.3) is 0 Å². The quantitative estimate of drug-likeness (QED) is 0.851. The molecule has 26 heavy (non-hydrogen) atoms. The van der Waals surface area contributed by atoms with E-state index in [4.69, 9.17) is 0 Å². The number of amides is 1. The zero-order chi connectivity index (χ0) is 18.8. The fourth-order valence-corrected chi connectivity index (χ4v) is 3.71. The molecule has 6 nitrogen and oxygen atoms in total. The molecule has 0 radical (unpaired) electrons. The van der Waals surface area contributed by atoms with Gasteiger partial charge in [-0.25, -0.2) is 13.8 Å². The third-order valence-corrected chi connectivity index (χ3v) is 5.30. The molecule has 144 valence electrons. The van der Waals surface area contributed by atoms with E-state index in [1.165, 1.54) is 12.3 Å². The number of halogens is 2. The van der Waals surface area contributed by atoms with Crippen LogP contribution in [-0.2, 0) is 0 Å². The van der Waals surface area contributed by atoms with Gasteiger partial charge in [0.25, 0.3) is 11.8 Å². The van der Waals surface area contributed by atoms with Crippen LogP contribution in [0.3, 0.4) is 0 Å². The van der Waals surface area contributed by atoms with Gasteiger partial charge in [0.15, 0.2) is 5.69 Å². The van der Waals surface area contributed by atoms with Gasteiger partial charge in [0.05, 0.1) is 5.60 Å². The van der Waals surface area contributed by atoms with Gasteiger partial charge in [-0.2, -0.15) is 0 Å². The maximum Gasteiger partial charge on any atom is 0.276 e. The molecule has 1 aromatic heterocycles. The average molecular weight is 369 g/mol. The van der Waals surface area contributed by atoms with Crippen molar-refractivity contribution in [2.75, 3.05) is 32.7 Å². The molecule has 0 aliphatic carbocycles. The molecular weight excluding hydrogens is 344 g/mol. The van der Waals surface area contributed by atoms with Crippen LogP contribution >= 0.6 is 0 Å². The molecule has 1 atom stereocenters. The van der Waals surface area contributed by atoms with E-state index >= 15 is 0 Å². The smallest absolute Gasteiger partial charge is 0.276 e. The lowest BCUT2D eigenvalue weighted by Crippen LogP contribution is -2.48. The highest BCUT2D eigenvalue weighted by atomic mass is 19.3. The summed E-state index contributed by atoms with van der Waals surface area (Å²) in [6.45, 7) is 1.71. The number of aromatic hydroxyl groups is 1. The van der Waals surface area contributed by atoms with E-state index in [0.29, 0.717) is 38.9 Å². The van der Waals surface area contributed by atoms with Crippen molar-refractivity contribution < 1.29 is 23.8 Å². The molecule has 1 unspecified atom stereocenters. The summed E-state index contributed by atoms with van der Waals surface area (Å²) in [5.41, 5.74) is -0.982. The summed E-state index contributed by atoms with van der Waals surface area (Å²) in [7, 11) is 0. The van der Waals surface area contributed by atoms with Gasteiger partial charge in [0.2, 0.25) is 0 Å². The van der Waals surface area contributed by atoms with Gasteiger partial charge in [-0.1, -0.05) is 0 Å². The molecule has 1 aromatic rings. The first-order valence-electron chi connectivity index (χ1n) is 9.04. The summed E-state index contributed by atoms with van der Waals surface area (Å²) >= 11 is 0. The van der Waals surface area contributed by atoms with E-state index in [9.17, 15) is 23.8 Å². The van der Waals surface area contributed by atoms with Crippen LogP contribution < -0.4 is 0 Å². The Balaban J connectivity index is 1.59. The number of hydrogen-bond donors (Lipinski definition) is 2. The van der Waals surface area contributed by atoms with Gasteiger partial charge < -0.3 is 20.0 Å². The van der Waals surface area contributed by atoms with Crippen molar-refractivity contribution in [3.05, 3.63) is 24.0 Å².